The summed E-state index contributed by atoms with van der Waals surface area (Å²) in [6.45, 7) is 3.63. The maximum atomic E-state index is 12.8. The van der Waals surface area contributed by atoms with Gasteiger partial charge in [-0.05, 0) is 61.6 Å². The van der Waals surface area contributed by atoms with Gasteiger partial charge in [0.25, 0.3) is 0 Å². The van der Waals surface area contributed by atoms with E-state index in [1.165, 1.54) is 11.1 Å². The van der Waals surface area contributed by atoms with Crippen molar-refractivity contribution >= 4 is 5.91 Å². The van der Waals surface area contributed by atoms with Crippen molar-refractivity contribution in [3.8, 4) is 0 Å². The topological polar surface area (TPSA) is 46.1 Å². The van der Waals surface area contributed by atoms with Gasteiger partial charge in [-0.3, -0.25) is 14.8 Å². The van der Waals surface area contributed by atoms with Crippen LogP contribution in [0.2, 0.25) is 0 Å². The normalized spacial score (nSPS) is 16.6. The molecule has 2 aromatic heterocycles. The van der Waals surface area contributed by atoms with E-state index in [0.717, 1.165) is 49.4 Å². The third-order valence-corrected chi connectivity index (χ3v) is 5.53. The quantitative estimate of drug-likeness (QED) is 0.657. The molecular formula is C25H27N3O. The molecular weight excluding hydrogens is 358 g/mol. The van der Waals surface area contributed by atoms with Crippen LogP contribution in [0.15, 0.2) is 66.9 Å². The molecule has 4 rings (SSSR count). The molecule has 1 saturated heterocycles. The van der Waals surface area contributed by atoms with Crippen molar-refractivity contribution in [3.05, 3.63) is 95.1 Å². The van der Waals surface area contributed by atoms with Gasteiger partial charge in [0.05, 0.1) is 6.42 Å². The van der Waals surface area contributed by atoms with Gasteiger partial charge in [-0.15, -0.1) is 0 Å². The Kier molecular flexibility index (Phi) is 5.99. The van der Waals surface area contributed by atoms with Crippen molar-refractivity contribution in [1.29, 1.82) is 0 Å². The molecule has 0 spiro atoms. The highest BCUT2D eigenvalue weighted by Gasteiger charge is 2.26. The van der Waals surface area contributed by atoms with Crippen molar-refractivity contribution < 1.29 is 4.79 Å². The molecule has 0 saturated carbocycles. The van der Waals surface area contributed by atoms with E-state index in [1.54, 1.807) is 6.20 Å². The molecule has 0 radical (unpaired) electrons. The van der Waals surface area contributed by atoms with Crippen molar-refractivity contribution in [2.45, 2.75) is 38.5 Å². The summed E-state index contributed by atoms with van der Waals surface area (Å²) in [5, 5.41) is 0. The standard InChI is InChI=1S/C25H27N3O/c1-19-14-21(15-20-8-3-2-4-9-20)16-24(27-19)22-10-7-13-28(18-22)25(29)17-23-11-5-6-12-26-23/h2-6,8-9,11-12,14,16,22H,7,10,13,15,17-18H2,1H3/t22-/m0/s1. The fraction of sp³-hybridized carbons (Fsp3) is 0.320. The average Bonchev–Trinajstić information content (AvgIpc) is 2.75. The summed E-state index contributed by atoms with van der Waals surface area (Å²) in [7, 11) is 0. The predicted octanol–water partition coefficient (Wildman–Crippen LogP) is 4.32. The Hall–Kier alpha value is -3.01. The van der Waals surface area contributed by atoms with Gasteiger partial charge in [-0.1, -0.05) is 36.4 Å². The molecule has 3 aromatic rings. The summed E-state index contributed by atoms with van der Waals surface area (Å²) in [5.41, 5.74) is 5.59. The first-order valence-electron chi connectivity index (χ1n) is 10.4. The maximum absolute atomic E-state index is 12.8. The molecule has 0 N–H and O–H groups in total. The molecule has 0 unspecified atom stereocenters. The summed E-state index contributed by atoms with van der Waals surface area (Å²) >= 11 is 0. The number of piperidine rings is 1. The Morgan fingerprint density at radius 3 is 2.69 bits per heavy atom. The lowest BCUT2D eigenvalue weighted by Crippen LogP contribution is -2.40. The first-order valence-corrected chi connectivity index (χ1v) is 10.4. The van der Waals surface area contributed by atoms with E-state index >= 15 is 0 Å². The van der Waals surface area contributed by atoms with Crippen LogP contribution in [0.4, 0.5) is 0 Å². The molecule has 0 aliphatic carbocycles. The molecule has 1 aliphatic rings. The minimum Gasteiger partial charge on any atom is -0.342 e. The number of nitrogens with zero attached hydrogens (tertiary/aromatic N) is 3. The van der Waals surface area contributed by atoms with E-state index in [-0.39, 0.29) is 5.91 Å². The number of pyridine rings is 2. The molecule has 4 nitrogen and oxygen atoms in total. The molecule has 1 aromatic carbocycles. The second-order valence-corrected chi connectivity index (χ2v) is 7.88. The molecule has 1 fully saturated rings. The molecule has 4 heteroatoms. The third kappa shape index (κ3) is 5.08. The van der Waals surface area contributed by atoms with Gasteiger partial charge in [-0.25, -0.2) is 0 Å². The van der Waals surface area contributed by atoms with Crippen molar-refractivity contribution in [3.63, 3.8) is 0 Å². The number of likely N-dealkylation sites (tertiary alicyclic amines) is 1. The molecule has 3 heterocycles. The van der Waals surface area contributed by atoms with Crippen molar-refractivity contribution in [2.75, 3.05) is 13.1 Å². The van der Waals surface area contributed by atoms with E-state index in [1.807, 2.05) is 29.2 Å². The highest BCUT2D eigenvalue weighted by Crippen LogP contribution is 2.27. The molecule has 0 bridgehead atoms. The lowest BCUT2D eigenvalue weighted by molar-refractivity contribution is -0.131. The van der Waals surface area contributed by atoms with Crippen LogP contribution in [0.25, 0.3) is 0 Å². The zero-order chi connectivity index (χ0) is 20.1. The number of aryl methyl sites for hydroxylation is 1. The van der Waals surface area contributed by atoms with Gasteiger partial charge in [0.1, 0.15) is 0 Å². The van der Waals surface area contributed by atoms with Crippen LogP contribution >= 0.6 is 0 Å². The number of amides is 1. The Labute approximate surface area is 172 Å². The minimum absolute atomic E-state index is 0.158. The van der Waals surface area contributed by atoms with Gasteiger partial charge >= 0.3 is 0 Å². The summed E-state index contributed by atoms with van der Waals surface area (Å²) in [4.78, 5) is 23.9. The van der Waals surface area contributed by atoms with Crippen LogP contribution in [0.3, 0.4) is 0 Å². The zero-order valence-electron chi connectivity index (χ0n) is 16.9. The number of carbonyl (C=O) groups excluding carboxylic acids is 1. The van der Waals surface area contributed by atoms with Gasteiger partial charge in [-0.2, -0.15) is 0 Å². The Bertz CT molecular complexity index is 956. The molecule has 1 atom stereocenters. The third-order valence-electron chi connectivity index (χ3n) is 5.53. The lowest BCUT2D eigenvalue weighted by Gasteiger charge is -2.33. The molecule has 1 aliphatic heterocycles. The van der Waals surface area contributed by atoms with Crippen LogP contribution < -0.4 is 0 Å². The Morgan fingerprint density at radius 1 is 1.07 bits per heavy atom. The fourth-order valence-electron chi connectivity index (χ4n) is 4.13. The van der Waals surface area contributed by atoms with Crippen molar-refractivity contribution in [2.24, 2.45) is 0 Å². The number of carbonyl (C=O) groups is 1. The Balaban J connectivity index is 1.47. The van der Waals surface area contributed by atoms with Crippen molar-refractivity contribution in [1.82, 2.24) is 14.9 Å². The fourth-order valence-corrected chi connectivity index (χ4v) is 4.13. The average molecular weight is 386 g/mol. The molecule has 1 amide bonds. The first-order chi connectivity index (χ1) is 14.2. The minimum atomic E-state index is 0.158. The summed E-state index contributed by atoms with van der Waals surface area (Å²) in [5.74, 6) is 0.455. The first kappa shape index (κ1) is 19.3. The van der Waals surface area contributed by atoms with Gasteiger partial charge < -0.3 is 4.90 Å². The maximum Gasteiger partial charge on any atom is 0.228 e. The second kappa shape index (κ2) is 8.99. The van der Waals surface area contributed by atoms with E-state index in [9.17, 15) is 4.79 Å². The molecule has 29 heavy (non-hydrogen) atoms. The number of benzene rings is 1. The number of hydrogen-bond donors (Lipinski definition) is 0. The SMILES string of the molecule is Cc1cc(Cc2ccccc2)cc([C@H]2CCCN(C(=O)Cc3ccccn3)C2)n1. The summed E-state index contributed by atoms with van der Waals surface area (Å²) < 4.78 is 0. The van der Waals surface area contributed by atoms with Crippen LogP contribution in [0.5, 0.6) is 0 Å². The largest absolute Gasteiger partial charge is 0.342 e. The smallest absolute Gasteiger partial charge is 0.228 e. The van der Waals surface area contributed by atoms with E-state index in [0.29, 0.717) is 12.3 Å². The second-order valence-electron chi connectivity index (χ2n) is 7.88. The number of hydrogen-bond acceptors (Lipinski definition) is 3. The highest BCUT2D eigenvalue weighted by molar-refractivity contribution is 5.78. The summed E-state index contributed by atoms with van der Waals surface area (Å²) in [6.07, 6.45) is 5.11. The van der Waals surface area contributed by atoms with E-state index < -0.39 is 0 Å². The summed E-state index contributed by atoms with van der Waals surface area (Å²) in [6, 6.07) is 20.7. The van der Waals surface area contributed by atoms with Gasteiger partial charge in [0, 0.05) is 42.3 Å². The highest BCUT2D eigenvalue weighted by atomic mass is 16.2. The van der Waals surface area contributed by atoms with Crippen LogP contribution in [-0.4, -0.2) is 33.9 Å². The monoisotopic (exact) mass is 385 g/mol. The van der Waals surface area contributed by atoms with Crippen LogP contribution in [0, 0.1) is 6.92 Å². The predicted molar refractivity (Wildman–Crippen MR) is 115 cm³/mol. The van der Waals surface area contributed by atoms with E-state index in [4.69, 9.17) is 4.98 Å². The van der Waals surface area contributed by atoms with E-state index in [2.05, 4.69) is 48.3 Å². The number of aromatic nitrogens is 2. The van der Waals surface area contributed by atoms with Gasteiger partial charge in [0.2, 0.25) is 5.91 Å². The Morgan fingerprint density at radius 2 is 1.90 bits per heavy atom. The zero-order valence-corrected chi connectivity index (χ0v) is 16.9. The molecule has 148 valence electrons. The van der Waals surface area contributed by atoms with Crippen LogP contribution in [-0.2, 0) is 17.6 Å². The number of rotatable bonds is 5. The lowest BCUT2D eigenvalue weighted by atomic mass is 9.92. The van der Waals surface area contributed by atoms with Crippen LogP contribution in [0.1, 0.15) is 47.0 Å². The van der Waals surface area contributed by atoms with Gasteiger partial charge in [0.15, 0.2) is 0 Å².